The van der Waals surface area contributed by atoms with E-state index >= 15 is 0 Å². The lowest BCUT2D eigenvalue weighted by Crippen LogP contribution is -2.47. The van der Waals surface area contributed by atoms with Gasteiger partial charge in [0.1, 0.15) is 0 Å². The second kappa shape index (κ2) is 11.0. The van der Waals surface area contributed by atoms with E-state index in [4.69, 9.17) is 8.61 Å². The maximum absolute atomic E-state index is 12.8. The van der Waals surface area contributed by atoms with Gasteiger partial charge in [0.25, 0.3) is 10.1 Å². The van der Waals surface area contributed by atoms with Crippen molar-refractivity contribution in [1.29, 1.82) is 0 Å². The molecule has 2 aromatic rings. The minimum absolute atomic E-state index is 0.00159. The Balaban J connectivity index is 2.20. The van der Waals surface area contributed by atoms with Gasteiger partial charge in [0.2, 0.25) is 0 Å². The van der Waals surface area contributed by atoms with E-state index < -0.39 is 18.4 Å². The van der Waals surface area contributed by atoms with Gasteiger partial charge in [-0.15, -0.1) is 0 Å². The average molecular weight is 542 g/mol. The number of hydrogen-bond acceptors (Lipinski definition) is 4. The van der Waals surface area contributed by atoms with Crippen LogP contribution in [0.15, 0.2) is 59.5 Å². The molecular formula is C25H37BrO4SSi. The molecule has 3 atom stereocenters. The molecule has 0 fully saturated rings. The molecule has 0 aliphatic carbocycles. The largest absolute Gasteiger partial charge is 0.411 e. The van der Waals surface area contributed by atoms with Crippen LogP contribution < -0.4 is 0 Å². The zero-order chi connectivity index (χ0) is 24.2. The number of benzene rings is 2. The highest BCUT2D eigenvalue weighted by Crippen LogP contribution is 2.40. The minimum atomic E-state index is -3.85. The fourth-order valence-corrected chi connectivity index (χ4v) is 6.30. The van der Waals surface area contributed by atoms with Crippen molar-refractivity contribution in [2.75, 3.05) is 6.61 Å². The Morgan fingerprint density at radius 1 is 1.00 bits per heavy atom. The maximum Gasteiger partial charge on any atom is 0.297 e. The highest BCUT2D eigenvalue weighted by Gasteiger charge is 2.41. The van der Waals surface area contributed by atoms with Crippen molar-refractivity contribution in [1.82, 2.24) is 0 Å². The Labute approximate surface area is 204 Å². The molecule has 4 nitrogen and oxygen atoms in total. The van der Waals surface area contributed by atoms with Crippen molar-refractivity contribution >= 4 is 34.4 Å². The summed E-state index contributed by atoms with van der Waals surface area (Å²) in [5.74, 6) is 0.0851. The van der Waals surface area contributed by atoms with Crippen LogP contribution in [0.2, 0.25) is 18.1 Å². The molecule has 0 spiro atoms. The summed E-state index contributed by atoms with van der Waals surface area (Å²) in [6.45, 7) is 14.9. The van der Waals surface area contributed by atoms with Gasteiger partial charge in [0.05, 0.1) is 17.6 Å². The molecule has 0 aliphatic rings. The van der Waals surface area contributed by atoms with Gasteiger partial charge < -0.3 is 4.43 Å². The Hall–Kier alpha value is -0.993. The van der Waals surface area contributed by atoms with Crippen LogP contribution >= 0.6 is 15.9 Å². The molecule has 0 heterocycles. The van der Waals surface area contributed by atoms with E-state index in [1.165, 1.54) is 5.56 Å². The highest BCUT2D eigenvalue weighted by atomic mass is 79.9. The molecule has 3 unspecified atom stereocenters. The first-order valence-corrected chi connectivity index (χ1v) is 16.3. The van der Waals surface area contributed by atoms with Gasteiger partial charge in [-0.2, -0.15) is 8.42 Å². The third kappa shape index (κ3) is 7.52. The van der Waals surface area contributed by atoms with E-state index in [2.05, 4.69) is 68.9 Å². The number of halogens is 1. The lowest BCUT2D eigenvalue weighted by Gasteiger charge is -2.41. The van der Waals surface area contributed by atoms with Gasteiger partial charge in [-0.1, -0.05) is 91.7 Å². The summed E-state index contributed by atoms with van der Waals surface area (Å²) >= 11 is 3.80. The van der Waals surface area contributed by atoms with Crippen LogP contribution in [0.5, 0.6) is 0 Å². The third-order valence-corrected chi connectivity index (χ3v) is 13.0. The molecule has 2 aromatic carbocycles. The summed E-state index contributed by atoms with van der Waals surface area (Å²) in [6, 6.07) is 16.9. The van der Waals surface area contributed by atoms with Crippen molar-refractivity contribution in [3.63, 3.8) is 0 Å². The molecule has 0 saturated heterocycles. The van der Waals surface area contributed by atoms with Crippen LogP contribution in [0, 0.1) is 12.8 Å². The van der Waals surface area contributed by atoms with Crippen molar-refractivity contribution in [3.8, 4) is 0 Å². The molecule has 32 heavy (non-hydrogen) atoms. The van der Waals surface area contributed by atoms with E-state index in [-0.39, 0.29) is 33.4 Å². The van der Waals surface area contributed by atoms with Gasteiger partial charge in [0, 0.05) is 4.83 Å². The first-order chi connectivity index (χ1) is 14.7. The molecule has 0 amide bonds. The number of aryl methyl sites for hydroxylation is 1. The van der Waals surface area contributed by atoms with Crippen molar-refractivity contribution in [2.24, 2.45) is 5.92 Å². The molecule has 0 radical (unpaired) electrons. The van der Waals surface area contributed by atoms with E-state index in [1.807, 2.05) is 25.1 Å². The summed E-state index contributed by atoms with van der Waals surface area (Å²) in [5, 5.41) is 0.00797. The molecule has 7 heteroatoms. The molecule has 2 rings (SSSR count). The lowest BCUT2D eigenvalue weighted by atomic mass is 9.96. The molecule has 0 bridgehead atoms. The molecule has 178 valence electrons. The topological polar surface area (TPSA) is 52.6 Å². The number of rotatable bonds is 10. The van der Waals surface area contributed by atoms with Crippen molar-refractivity contribution in [3.05, 3.63) is 65.7 Å². The van der Waals surface area contributed by atoms with Crippen LogP contribution in [0.3, 0.4) is 0 Å². The van der Waals surface area contributed by atoms with Gasteiger partial charge in [-0.3, -0.25) is 4.18 Å². The number of alkyl halides is 1. The monoisotopic (exact) mass is 540 g/mol. The zero-order valence-electron chi connectivity index (χ0n) is 20.3. The Kier molecular flexibility index (Phi) is 9.33. The zero-order valence-corrected chi connectivity index (χ0v) is 23.7. The third-order valence-electron chi connectivity index (χ3n) is 6.32. The standard InChI is InChI=1S/C25H37BrO4SSi/c1-19-13-15-22(16-14-19)31(27,28)29-18-24(30-32(6,7)25(3,4)5)20(2)17-23(26)21-11-9-8-10-12-21/h8-16,20,23-24H,17-18H2,1-7H3. The summed E-state index contributed by atoms with van der Waals surface area (Å²) in [6.07, 6.45) is 0.469. The molecule has 0 N–H and O–H groups in total. The summed E-state index contributed by atoms with van der Waals surface area (Å²) < 4.78 is 37.8. The quantitative estimate of drug-likeness (QED) is 0.181. The average Bonchev–Trinajstić information content (AvgIpc) is 2.71. The fourth-order valence-electron chi connectivity index (χ4n) is 3.08. The van der Waals surface area contributed by atoms with Crippen molar-refractivity contribution < 1.29 is 17.0 Å². The first kappa shape index (κ1) is 27.3. The fraction of sp³-hybridized carbons (Fsp3) is 0.520. The predicted octanol–water partition coefficient (Wildman–Crippen LogP) is 7.25. The van der Waals surface area contributed by atoms with Crippen LogP contribution in [0.1, 0.15) is 50.1 Å². The normalized spacial score (nSPS) is 15.9. The lowest BCUT2D eigenvalue weighted by molar-refractivity contribution is 0.0715. The van der Waals surface area contributed by atoms with E-state index in [0.717, 1.165) is 12.0 Å². The molecule has 0 aromatic heterocycles. The van der Waals surface area contributed by atoms with Crippen LogP contribution in [-0.4, -0.2) is 29.4 Å². The summed E-state index contributed by atoms with van der Waals surface area (Å²) in [7, 11) is -5.99. The maximum atomic E-state index is 12.8. The minimum Gasteiger partial charge on any atom is -0.411 e. The first-order valence-electron chi connectivity index (χ1n) is 11.1. The van der Waals surface area contributed by atoms with Crippen LogP contribution in [-0.2, 0) is 18.7 Å². The molecular weight excluding hydrogens is 504 g/mol. The number of hydrogen-bond donors (Lipinski definition) is 0. The van der Waals surface area contributed by atoms with Crippen molar-refractivity contribution in [2.45, 2.75) is 75.0 Å². The SMILES string of the molecule is Cc1ccc(S(=O)(=O)OCC(O[Si](C)(C)C(C)(C)C)C(C)CC(Br)c2ccccc2)cc1. The van der Waals surface area contributed by atoms with Crippen LogP contribution in [0.25, 0.3) is 0 Å². The summed E-state index contributed by atoms with van der Waals surface area (Å²) in [5.41, 5.74) is 2.19. The molecule has 0 saturated carbocycles. The van der Waals surface area contributed by atoms with Gasteiger partial charge >= 0.3 is 0 Å². The van der Waals surface area contributed by atoms with E-state index in [1.54, 1.807) is 24.3 Å². The van der Waals surface area contributed by atoms with E-state index in [0.29, 0.717) is 0 Å². The predicted molar refractivity (Wildman–Crippen MR) is 138 cm³/mol. The second-order valence-corrected chi connectivity index (χ2v) is 17.5. The second-order valence-electron chi connectivity index (χ2n) is 10.1. The Morgan fingerprint density at radius 3 is 2.09 bits per heavy atom. The highest BCUT2D eigenvalue weighted by molar-refractivity contribution is 9.09. The Morgan fingerprint density at radius 2 is 1.56 bits per heavy atom. The van der Waals surface area contributed by atoms with Crippen LogP contribution in [0.4, 0.5) is 0 Å². The van der Waals surface area contributed by atoms with E-state index in [9.17, 15) is 8.42 Å². The molecule has 0 aliphatic heterocycles. The Bertz CT molecular complexity index is 954. The van der Waals surface area contributed by atoms with Gasteiger partial charge in [-0.25, -0.2) is 0 Å². The summed E-state index contributed by atoms with van der Waals surface area (Å²) in [4.78, 5) is 0.322. The van der Waals surface area contributed by atoms with Gasteiger partial charge in [0.15, 0.2) is 8.32 Å². The van der Waals surface area contributed by atoms with Gasteiger partial charge in [-0.05, 0) is 55.1 Å². The smallest absolute Gasteiger partial charge is 0.297 e.